The summed E-state index contributed by atoms with van der Waals surface area (Å²) < 4.78 is 9.97. The highest BCUT2D eigenvalue weighted by atomic mass is 16.5. The lowest BCUT2D eigenvalue weighted by atomic mass is 9.99. The standard InChI is InChI=1S/C17H21N5O/c1-21-15(5-7-20-21)17-13(6-10-23-17)11-18-12-14-3-2-4-16-19-8-9-22(14)16/h2-5,7-9,13,17-18H,6,10-12H2,1H3/t13-,17+/m0/s1. The molecular weight excluding hydrogens is 290 g/mol. The zero-order valence-corrected chi connectivity index (χ0v) is 13.2. The van der Waals surface area contributed by atoms with Crippen LogP contribution in [0.25, 0.3) is 5.65 Å². The van der Waals surface area contributed by atoms with Gasteiger partial charge >= 0.3 is 0 Å². The van der Waals surface area contributed by atoms with Crippen molar-refractivity contribution in [3.05, 3.63) is 54.2 Å². The number of rotatable bonds is 5. The molecule has 3 aromatic heterocycles. The number of ether oxygens (including phenoxy) is 1. The van der Waals surface area contributed by atoms with Crippen LogP contribution in [0.1, 0.15) is 23.9 Å². The van der Waals surface area contributed by atoms with Gasteiger partial charge in [0.15, 0.2) is 0 Å². The lowest BCUT2D eigenvalue weighted by molar-refractivity contribution is 0.0837. The number of nitrogens with zero attached hydrogens (tertiary/aromatic N) is 4. The van der Waals surface area contributed by atoms with Crippen molar-refractivity contribution >= 4 is 5.65 Å². The van der Waals surface area contributed by atoms with Crippen molar-refractivity contribution in [2.24, 2.45) is 13.0 Å². The summed E-state index contributed by atoms with van der Waals surface area (Å²) in [6.45, 7) is 2.57. The van der Waals surface area contributed by atoms with Crippen LogP contribution in [0.2, 0.25) is 0 Å². The predicted octanol–water partition coefficient (Wildman–Crippen LogP) is 1.94. The average Bonchev–Trinajstić information content (AvgIpc) is 3.27. The first-order valence-electron chi connectivity index (χ1n) is 8.04. The van der Waals surface area contributed by atoms with Crippen LogP contribution in [0.3, 0.4) is 0 Å². The maximum Gasteiger partial charge on any atom is 0.136 e. The van der Waals surface area contributed by atoms with Crippen molar-refractivity contribution in [3.63, 3.8) is 0 Å². The van der Waals surface area contributed by atoms with Crippen LogP contribution in [0.15, 0.2) is 42.9 Å². The average molecular weight is 311 g/mol. The van der Waals surface area contributed by atoms with Gasteiger partial charge in [-0.05, 0) is 24.6 Å². The number of nitrogens with one attached hydrogen (secondary N) is 1. The van der Waals surface area contributed by atoms with E-state index < -0.39 is 0 Å². The molecular formula is C17H21N5O. The third-order valence-electron chi connectivity index (χ3n) is 4.59. The molecule has 1 aliphatic rings. The summed E-state index contributed by atoms with van der Waals surface area (Å²) in [5.74, 6) is 0.479. The second kappa shape index (κ2) is 6.14. The second-order valence-corrected chi connectivity index (χ2v) is 6.02. The number of hydrogen-bond donors (Lipinski definition) is 1. The van der Waals surface area contributed by atoms with Gasteiger partial charge in [0.25, 0.3) is 0 Å². The van der Waals surface area contributed by atoms with E-state index in [2.05, 4.69) is 38.0 Å². The Kier molecular flexibility index (Phi) is 3.85. The highest BCUT2D eigenvalue weighted by molar-refractivity contribution is 5.39. The molecule has 6 nitrogen and oxygen atoms in total. The van der Waals surface area contributed by atoms with Gasteiger partial charge in [-0.3, -0.25) is 4.68 Å². The van der Waals surface area contributed by atoms with Gasteiger partial charge in [0, 0.05) is 56.9 Å². The molecule has 4 heterocycles. The molecule has 1 saturated heterocycles. The fourth-order valence-electron chi connectivity index (χ4n) is 3.37. The molecule has 0 amide bonds. The zero-order chi connectivity index (χ0) is 15.6. The molecule has 0 spiro atoms. The van der Waals surface area contributed by atoms with E-state index in [1.54, 1.807) is 0 Å². The third-order valence-corrected chi connectivity index (χ3v) is 4.59. The maximum absolute atomic E-state index is 5.94. The number of hydrogen-bond acceptors (Lipinski definition) is 4. The maximum atomic E-state index is 5.94. The van der Waals surface area contributed by atoms with Gasteiger partial charge in [-0.15, -0.1) is 0 Å². The first-order valence-corrected chi connectivity index (χ1v) is 8.04. The van der Waals surface area contributed by atoms with Crippen LogP contribution in [0, 0.1) is 5.92 Å². The Labute approximate surface area is 135 Å². The van der Waals surface area contributed by atoms with Crippen molar-refractivity contribution in [2.75, 3.05) is 13.2 Å². The quantitative estimate of drug-likeness (QED) is 0.782. The smallest absolute Gasteiger partial charge is 0.136 e. The summed E-state index contributed by atoms with van der Waals surface area (Å²) in [4.78, 5) is 4.33. The van der Waals surface area contributed by atoms with Gasteiger partial charge in [-0.1, -0.05) is 6.07 Å². The minimum Gasteiger partial charge on any atom is -0.372 e. The van der Waals surface area contributed by atoms with Crippen LogP contribution in [-0.4, -0.2) is 32.3 Å². The third kappa shape index (κ3) is 2.75. The van der Waals surface area contributed by atoms with Crippen molar-refractivity contribution in [3.8, 4) is 0 Å². The zero-order valence-electron chi connectivity index (χ0n) is 13.2. The Morgan fingerprint density at radius 1 is 1.30 bits per heavy atom. The van der Waals surface area contributed by atoms with E-state index >= 15 is 0 Å². The highest BCUT2D eigenvalue weighted by Gasteiger charge is 2.31. The highest BCUT2D eigenvalue weighted by Crippen LogP contribution is 2.33. The van der Waals surface area contributed by atoms with Crippen LogP contribution in [-0.2, 0) is 18.3 Å². The summed E-state index contributed by atoms with van der Waals surface area (Å²) in [6.07, 6.45) is 6.89. The SMILES string of the molecule is Cn1nccc1[C@@H]1OCC[C@H]1CNCc1cccc2nccn12. The van der Waals surface area contributed by atoms with Crippen molar-refractivity contribution in [1.82, 2.24) is 24.5 Å². The molecule has 6 heteroatoms. The van der Waals surface area contributed by atoms with Crippen LogP contribution in [0.4, 0.5) is 0 Å². The minimum absolute atomic E-state index is 0.138. The molecule has 0 unspecified atom stereocenters. The molecule has 0 saturated carbocycles. The number of aromatic nitrogens is 4. The van der Waals surface area contributed by atoms with Gasteiger partial charge in [-0.2, -0.15) is 5.10 Å². The van der Waals surface area contributed by atoms with Crippen molar-refractivity contribution in [1.29, 1.82) is 0 Å². The summed E-state index contributed by atoms with van der Waals surface area (Å²) in [7, 11) is 1.97. The first kappa shape index (κ1) is 14.4. The molecule has 3 aromatic rings. The van der Waals surface area contributed by atoms with E-state index in [0.29, 0.717) is 5.92 Å². The van der Waals surface area contributed by atoms with Gasteiger partial charge in [0.1, 0.15) is 11.8 Å². The van der Waals surface area contributed by atoms with Crippen LogP contribution >= 0.6 is 0 Å². The topological polar surface area (TPSA) is 56.4 Å². The van der Waals surface area contributed by atoms with Crippen LogP contribution < -0.4 is 5.32 Å². The minimum atomic E-state index is 0.138. The first-order chi connectivity index (χ1) is 11.3. The van der Waals surface area contributed by atoms with Crippen molar-refractivity contribution < 1.29 is 4.74 Å². The van der Waals surface area contributed by atoms with Gasteiger partial charge in [0.05, 0.1) is 5.69 Å². The molecule has 23 heavy (non-hydrogen) atoms. The molecule has 0 aliphatic carbocycles. The van der Waals surface area contributed by atoms with Gasteiger partial charge in [0.2, 0.25) is 0 Å². The summed E-state index contributed by atoms with van der Waals surface area (Å²) in [6, 6.07) is 8.25. The molecule has 0 radical (unpaired) electrons. The molecule has 4 rings (SSSR count). The van der Waals surface area contributed by atoms with Gasteiger partial charge in [-0.25, -0.2) is 4.98 Å². The van der Waals surface area contributed by atoms with E-state index in [1.807, 2.05) is 36.4 Å². The molecule has 0 aromatic carbocycles. The predicted molar refractivity (Wildman–Crippen MR) is 86.9 cm³/mol. The monoisotopic (exact) mass is 311 g/mol. The van der Waals surface area contributed by atoms with Crippen LogP contribution in [0.5, 0.6) is 0 Å². The molecule has 2 atom stereocenters. The van der Waals surface area contributed by atoms with E-state index in [9.17, 15) is 0 Å². The summed E-state index contributed by atoms with van der Waals surface area (Å²) in [5.41, 5.74) is 3.36. The molecule has 120 valence electrons. The number of imidazole rings is 1. The fourth-order valence-corrected chi connectivity index (χ4v) is 3.37. The number of pyridine rings is 1. The lowest BCUT2D eigenvalue weighted by Gasteiger charge is -2.19. The normalized spacial score (nSPS) is 21.3. The fraction of sp³-hybridized carbons (Fsp3) is 0.412. The summed E-state index contributed by atoms with van der Waals surface area (Å²) >= 11 is 0. The molecule has 1 fully saturated rings. The lowest BCUT2D eigenvalue weighted by Crippen LogP contribution is -2.26. The Hall–Kier alpha value is -2.18. The van der Waals surface area contributed by atoms with Crippen molar-refractivity contribution in [2.45, 2.75) is 19.1 Å². The number of aryl methyl sites for hydroxylation is 1. The van der Waals surface area contributed by atoms with E-state index in [0.717, 1.165) is 37.5 Å². The molecule has 1 N–H and O–H groups in total. The Bertz CT molecular complexity index is 793. The van der Waals surface area contributed by atoms with E-state index in [-0.39, 0.29) is 6.10 Å². The Balaban J connectivity index is 1.41. The van der Waals surface area contributed by atoms with E-state index in [1.165, 1.54) is 5.69 Å². The van der Waals surface area contributed by atoms with Gasteiger partial charge < -0.3 is 14.5 Å². The molecule has 1 aliphatic heterocycles. The summed E-state index contributed by atoms with van der Waals surface area (Å²) in [5, 5.41) is 7.84. The Morgan fingerprint density at radius 3 is 3.13 bits per heavy atom. The second-order valence-electron chi connectivity index (χ2n) is 6.02. The largest absolute Gasteiger partial charge is 0.372 e. The van der Waals surface area contributed by atoms with E-state index in [4.69, 9.17) is 4.74 Å². The molecule has 0 bridgehead atoms. The Morgan fingerprint density at radius 2 is 2.26 bits per heavy atom. The number of fused-ring (bicyclic) bond motifs is 1.